The molecular formula is C12H25N3O3S. The lowest BCUT2D eigenvalue weighted by atomic mass is 10.2. The summed E-state index contributed by atoms with van der Waals surface area (Å²) in [4.78, 5) is 2.14. The molecular weight excluding hydrogens is 266 g/mol. The fraction of sp³-hybridized carbons (Fsp3) is 1.00. The van der Waals surface area contributed by atoms with E-state index in [9.17, 15) is 8.42 Å². The van der Waals surface area contributed by atoms with Crippen LogP contribution in [0.4, 0.5) is 0 Å². The molecule has 2 fully saturated rings. The number of piperidine rings is 1. The molecule has 0 unspecified atom stereocenters. The zero-order valence-corrected chi connectivity index (χ0v) is 12.2. The Kier molecular flexibility index (Phi) is 5.58. The number of hydrogen-bond donors (Lipinski definition) is 2. The van der Waals surface area contributed by atoms with E-state index in [2.05, 4.69) is 10.2 Å². The minimum absolute atomic E-state index is 0.140. The number of β-amino-alcohol motifs (C(OH)–C–C–N with tert-alkyl or cyclic N) is 1. The summed E-state index contributed by atoms with van der Waals surface area (Å²) in [5.74, 6) is 0. The van der Waals surface area contributed by atoms with Crippen LogP contribution in [0.3, 0.4) is 0 Å². The predicted molar refractivity (Wildman–Crippen MR) is 74.5 cm³/mol. The minimum atomic E-state index is -3.14. The van der Waals surface area contributed by atoms with Gasteiger partial charge in [-0.2, -0.15) is 0 Å². The Morgan fingerprint density at radius 2 is 1.84 bits per heavy atom. The second-order valence-corrected chi connectivity index (χ2v) is 7.53. The maximum atomic E-state index is 12.6. The lowest BCUT2D eigenvalue weighted by Gasteiger charge is -2.29. The first-order valence-corrected chi connectivity index (χ1v) is 8.68. The number of hydrogen-bond acceptors (Lipinski definition) is 5. The van der Waals surface area contributed by atoms with Crippen LogP contribution in [-0.4, -0.2) is 80.4 Å². The van der Waals surface area contributed by atoms with Crippen LogP contribution < -0.4 is 5.32 Å². The lowest BCUT2D eigenvalue weighted by Crippen LogP contribution is -2.45. The summed E-state index contributed by atoms with van der Waals surface area (Å²) in [5.41, 5.74) is 0. The molecule has 0 aromatic carbocycles. The van der Waals surface area contributed by atoms with Crippen molar-refractivity contribution in [3.63, 3.8) is 0 Å². The molecule has 2 saturated heterocycles. The second kappa shape index (κ2) is 6.99. The second-order valence-electron chi connectivity index (χ2n) is 5.31. The molecule has 19 heavy (non-hydrogen) atoms. The molecule has 2 aliphatic heterocycles. The quantitative estimate of drug-likeness (QED) is 0.700. The van der Waals surface area contributed by atoms with Gasteiger partial charge in [0.15, 0.2) is 0 Å². The van der Waals surface area contributed by atoms with Crippen molar-refractivity contribution in [3.8, 4) is 0 Å². The van der Waals surface area contributed by atoms with E-state index in [4.69, 9.17) is 5.11 Å². The highest BCUT2D eigenvalue weighted by Gasteiger charge is 2.33. The van der Waals surface area contributed by atoms with Crippen LogP contribution in [0.5, 0.6) is 0 Å². The largest absolute Gasteiger partial charge is 0.395 e. The average molecular weight is 291 g/mol. The van der Waals surface area contributed by atoms with Gasteiger partial charge < -0.3 is 10.4 Å². The first-order valence-electron chi connectivity index (χ1n) is 7.17. The van der Waals surface area contributed by atoms with Gasteiger partial charge >= 0.3 is 0 Å². The SMILES string of the molecule is O=S(=O)(C1CCNCC1)N1CCCN(CCO)CC1. The minimum Gasteiger partial charge on any atom is -0.395 e. The first kappa shape index (κ1) is 15.2. The van der Waals surface area contributed by atoms with Crippen LogP contribution in [0, 0.1) is 0 Å². The van der Waals surface area contributed by atoms with Gasteiger partial charge in [0.05, 0.1) is 11.9 Å². The van der Waals surface area contributed by atoms with Crippen molar-refractivity contribution in [3.05, 3.63) is 0 Å². The number of nitrogens with zero attached hydrogens (tertiary/aromatic N) is 2. The van der Waals surface area contributed by atoms with Crippen molar-refractivity contribution in [2.45, 2.75) is 24.5 Å². The molecule has 2 rings (SSSR count). The molecule has 2 heterocycles. The molecule has 2 aliphatic rings. The van der Waals surface area contributed by atoms with E-state index in [1.54, 1.807) is 4.31 Å². The highest BCUT2D eigenvalue weighted by molar-refractivity contribution is 7.89. The smallest absolute Gasteiger partial charge is 0.217 e. The summed E-state index contributed by atoms with van der Waals surface area (Å²) in [6.45, 7) is 5.16. The molecule has 0 amide bonds. The summed E-state index contributed by atoms with van der Waals surface area (Å²) in [5, 5.41) is 12.0. The molecule has 6 nitrogen and oxygen atoms in total. The van der Waals surface area contributed by atoms with E-state index in [-0.39, 0.29) is 11.9 Å². The Bertz CT molecular complexity index is 368. The van der Waals surface area contributed by atoms with Crippen molar-refractivity contribution in [1.29, 1.82) is 0 Å². The monoisotopic (exact) mass is 291 g/mol. The molecule has 0 aliphatic carbocycles. The van der Waals surface area contributed by atoms with Crippen molar-refractivity contribution in [1.82, 2.24) is 14.5 Å². The Labute approximate surface area is 115 Å². The summed E-state index contributed by atoms with van der Waals surface area (Å²) in [7, 11) is -3.14. The summed E-state index contributed by atoms with van der Waals surface area (Å²) < 4.78 is 26.8. The number of aliphatic hydroxyl groups excluding tert-OH is 1. The van der Waals surface area contributed by atoms with Crippen LogP contribution in [0.1, 0.15) is 19.3 Å². The molecule has 0 aromatic heterocycles. The third-order valence-corrected chi connectivity index (χ3v) is 6.43. The molecule has 0 aromatic rings. The highest BCUT2D eigenvalue weighted by atomic mass is 32.2. The van der Waals surface area contributed by atoms with E-state index in [1.165, 1.54) is 0 Å². The summed E-state index contributed by atoms with van der Waals surface area (Å²) in [6, 6.07) is 0. The number of nitrogens with one attached hydrogen (secondary N) is 1. The third-order valence-electron chi connectivity index (χ3n) is 4.03. The van der Waals surface area contributed by atoms with E-state index in [0.29, 0.717) is 19.6 Å². The normalized spacial score (nSPS) is 25.3. The highest BCUT2D eigenvalue weighted by Crippen LogP contribution is 2.19. The van der Waals surface area contributed by atoms with Gasteiger partial charge in [-0.15, -0.1) is 0 Å². The molecule has 2 N–H and O–H groups in total. The van der Waals surface area contributed by atoms with Crippen molar-refractivity contribution < 1.29 is 13.5 Å². The molecule has 0 atom stereocenters. The molecule has 0 bridgehead atoms. The van der Waals surface area contributed by atoms with Gasteiger partial charge in [-0.1, -0.05) is 0 Å². The van der Waals surface area contributed by atoms with Gasteiger partial charge in [0, 0.05) is 26.2 Å². The number of sulfonamides is 1. The average Bonchev–Trinajstić information content (AvgIpc) is 2.66. The van der Waals surface area contributed by atoms with E-state index in [0.717, 1.165) is 45.4 Å². The Balaban J connectivity index is 1.96. The molecule has 0 spiro atoms. The van der Waals surface area contributed by atoms with Gasteiger partial charge in [0.25, 0.3) is 0 Å². The van der Waals surface area contributed by atoms with E-state index in [1.807, 2.05) is 0 Å². The lowest BCUT2D eigenvalue weighted by molar-refractivity contribution is 0.202. The molecule has 7 heteroatoms. The van der Waals surface area contributed by atoms with Crippen LogP contribution in [-0.2, 0) is 10.0 Å². The van der Waals surface area contributed by atoms with Crippen LogP contribution in [0.2, 0.25) is 0 Å². The predicted octanol–water partition coefficient (Wildman–Crippen LogP) is -0.932. The third kappa shape index (κ3) is 3.88. The first-order chi connectivity index (χ1) is 9.14. The summed E-state index contributed by atoms with van der Waals surface area (Å²) in [6.07, 6.45) is 2.29. The van der Waals surface area contributed by atoms with Gasteiger partial charge in [-0.25, -0.2) is 12.7 Å². The maximum absolute atomic E-state index is 12.6. The Morgan fingerprint density at radius 3 is 2.53 bits per heavy atom. The molecule has 0 saturated carbocycles. The van der Waals surface area contributed by atoms with Crippen LogP contribution in [0.15, 0.2) is 0 Å². The van der Waals surface area contributed by atoms with Crippen molar-refractivity contribution in [2.24, 2.45) is 0 Å². The Morgan fingerprint density at radius 1 is 1.11 bits per heavy atom. The van der Waals surface area contributed by atoms with Crippen LogP contribution in [0.25, 0.3) is 0 Å². The number of rotatable bonds is 4. The van der Waals surface area contributed by atoms with Gasteiger partial charge in [0.2, 0.25) is 10.0 Å². The molecule has 112 valence electrons. The fourth-order valence-corrected chi connectivity index (χ4v) is 4.84. The standard InChI is InChI=1S/C12H25N3O3S/c16-11-10-14-6-1-7-15(9-8-14)19(17,18)12-2-4-13-5-3-12/h12-13,16H,1-11H2. The van der Waals surface area contributed by atoms with E-state index < -0.39 is 10.0 Å². The molecule has 0 radical (unpaired) electrons. The Hall–Kier alpha value is -0.210. The van der Waals surface area contributed by atoms with Gasteiger partial charge in [0.1, 0.15) is 0 Å². The number of aliphatic hydroxyl groups is 1. The zero-order valence-electron chi connectivity index (χ0n) is 11.4. The maximum Gasteiger partial charge on any atom is 0.217 e. The van der Waals surface area contributed by atoms with Crippen molar-refractivity contribution >= 4 is 10.0 Å². The van der Waals surface area contributed by atoms with Crippen LogP contribution >= 0.6 is 0 Å². The zero-order chi connectivity index (χ0) is 13.7. The van der Waals surface area contributed by atoms with Gasteiger partial charge in [-0.3, -0.25) is 4.90 Å². The topological polar surface area (TPSA) is 72.9 Å². The summed E-state index contributed by atoms with van der Waals surface area (Å²) >= 11 is 0. The van der Waals surface area contributed by atoms with E-state index >= 15 is 0 Å². The van der Waals surface area contributed by atoms with Crippen molar-refractivity contribution in [2.75, 3.05) is 52.4 Å². The fourth-order valence-electron chi connectivity index (χ4n) is 2.87. The van der Waals surface area contributed by atoms with Gasteiger partial charge in [-0.05, 0) is 38.9 Å².